The number of aryl methyl sites for hydroxylation is 2. The number of ether oxygens (including phenoxy) is 1. The maximum absolute atomic E-state index is 12.2. The normalized spacial score (nSPS) is 11.6. The molecule has 0 bridgehead atoms. The van der Waals surface area contributed by atoms with Gasteiger partial charge in [-0.05, 0) is 49.6 Å². The van der Waals surface area contributed by atoms with Gasteiger partial charge in [-0.2, -0.15) is 0 Å². The average molecular weight is 326 g/mol. The van der Waals surface area contributed by atoms with Crippen LogP contribution in [-0.4, -0.2) is 18.0 Å². The number of hydrogen-bond acceptors (Lipinski definition) is 4. The largest absolute Gasteiger partial charge is 0.449 e. The Morgan fingerprint density at radius 2 is 1.83 bits per heavy atom. The van der Waals surface area contributed by atoms with Crippen LogP contribution in [-0.2, 0) is 16.0 Å². The van der Waals surface area contributed by atoms with Crippen molar-refractivity contribution in [3.05, 3.63) is 59.2 Å². The standard InChI is InChI=1S/C19H22N2O3/c1-4-14-8-10-15(11-9-14)21-18(22)13(3)24-19(23)16-7-5-6-12(2)17(16)20/h5-11,13H,4,20H2,1-3H3,(H,21,22)/t13-/m0/s1. The van der Waals surface area contributed by atoms with Gasteiger partial charge in [0.05, 0.1) is 5.56 Å². The van der Waals surface area contributed by atoms with Crippen molar-refractivity contribution in [1.82, 2.24) is 0 Å². The van der Waals surface area contributed by atoms with E-state index in [9.17, 15) is 9.59 Å². The van der Waals surface area contributed by atoms with Crippen LogP contribution in [0.2, 0.25) is 0 Å². The molecule has 3 N–H and O–H groups in total. The molecule has 0 aliphatic carbocycles. The Morgan fingerprint density at radius 1 is 1.17 bits per heavy atom. The van der Waals surface area contributed by atoms with E-state index in [1.807, 2.05) is 37.3 Å². The third-order valence-electron chi connectivity index (χ3n) is 3.83. The summed E-state index contributed by atoms with van der Waals surface area (Å²) in [5.41, 5.74) is 9.15. The van der Waals surface area contributed by atoms with Crippen LogP contribution < -0.4 is 11.1 Å². The Hall–Kier alpha value is -2.82. The second kappa shape index (κ2) is 7.64. The number of benzene rings is 2. The number of para-hydroxylation sites is 1. The molecule has 5 nitrogen and oxygen atoms in total. The van der Waals surface area contributed by atoms with Crippen molar-refractivity contribution in [2.75, 3.05) is 11.1 Å². The van der Waals surface area contributed by atoms with Gasteiger partial charge in [-0.25, -0.2) is 4.79 Å². The second-order valence-electron chi connectivity index (χ2n) is 5.62. The number of hydrogen-bond donors (Lipinski definition) is 2. The first-order valence-corrected chi connectivity index (χ1v) is 7.88. The number of nitrogen functional groups attached to an aromatic ring is 1. The van der Waals surface area contributed by atoms with Gasteiger partial charge in [0.1, 0.15) is 0 Å². The highest BCUT2D eigenvalue weighted by atomic mass is 16.5. The summed E-state index contributed by atoms with van der Waals surface area (Å²) >= 11 is 0. The Kier molecular flexibility index (Phi) is 5.58. The molecule has 1 amide bonds. The minimum absolute atomic E-state index is 0.266. The summed E-state index contributed by atoms with van der Waals surface area (Å²) in [5, 5.41) is 2.73. The Balaban J connectivity index is 2.00. The summed E-state index contributed by atoms with van der Waals surface area (Å²) in [6.07, 6.45) is 0.00318. The molecular weight excluding hydrogens is 304 g/mol. The fourth-order valence-corrected chi connectivity index (χ4v) is 2.20. The molecule has 5 heteroatoms. The molecule has 0 unspecified atom stereocenters. The van der Waals surface area contributed by atoms with Crippen LogP contribution in [0.4, 0.5) is 11.4 Å². The highest BCUT2D eigenvalue weighted by Gasteiger charge is 2.20. The van der Waals surface area contributed by atoms with E-state index in [1.54, 1.807) is 12.1 Å². The van der Waals surface area contributed by atoms with Gasteiger partial charge in [0.2, 0.25) is 0 Å². The van der Waals surface area contributed by atoms with Crippen LogP contribution in [0.1, 0.15) is 35.3 Å². The van der Waals surface area contributed by atoms with Crippen molar-refractivity contribution in [2.24, 2.45) is 0 Å². The van der Waals surface area contributed by atoms with E-state index in [0.717, 1.165) is 12.0 Å². The van der Waals surface area contributed by atoms with Crippen LogP contribution in [0.15, 0.2) is 42.5 Å². The zero-order valence-corrected chi connectivity index (χ0v) is 14.1. The van der Waals surface area contributed by atoms with Crippen LogP contribution in [0.3, 0.4) is 0 Å². The van der Waals surface area contributed by atoms with Crippen LogP contribution >= 0.6 is 0 Å². The number of amides is 1. The number of rotatable bonds is 5. The first-order valence-electron chi connectivity index (χ1n) is 7.88. The van der Waals surface area contributed by atoms with Crippen LogP contribution in [0.5, 0.6) is 0 Å². The minimum Gasteiger partial charge on any atom is -0.449 e. The molecule has 0 saturated heterocycles. The highest BCUT2D eigenvalue weighted by Crippen LogP contribution is 2.18. The third-order valence-corrected chi connectivity index (χ3v) is 3.83. The summed E-state index contributed by atoms with van der Waals surface area (Å²) in [6, 6.07) is 12.6. The predicted molar refractivity (Wildman–Crippen MR) is 94.9 cm³/mol. The number of nitrogens with one attached hydrogen (secondary N) is 1. The Morgan fingerprint density at radius 3 is 2.46 bits per heavy atom. The van der Waals surface area contributed by atoms with E-state index >= 15 is 0 Å². The summed E-state index contributed by atoms with van der Waals surface area (Å²) in [5.74, 6) is -1.00. The lowest BCUT2D eigenvalue weighted by Gasteiger charge is -2.15. The Bertz CT molecular complexity index is 739. The lowest BCUT2D eigenvalue weighted by atomic mass is 10.1. The van der Waals surface area contributed by atoms with Crippen molar-refractivity contribution in [1.29, 1.82) is 0 Å². The van der Waals surface area contributed by atoms with Gasteiger partial charge in [-0.15, -0.1) is 0 Å². The zero-order chi connectivity index (χ0) is 17.7. The smallest absolute Gasteiger partial charge is 0.341 e. The van der Waals surface area contributed by atoms with Gasteiger partial charge in [0.15, 0.2) is 6.10 Å². The van der Waals surface area contributed by atoms with E-state index in [2.05, 4.69) is 12.2 Å². The maximum Gasteiger partial charge on any atom is 0.341 e. The lowest BCUT2D eigenvalue weighted by Crippen LogP contribution is -2.30. The van der Waals surface area contributed by atoms with E-state index in [0.29, 0.717) is 11.4 Å². The molecule has 0 aromatic heterocycles. The van der Waals surface area contributed by atoms with Gasteiger partial charge in [0, 0.05) is 11.4 Å². The summed E-state index contributed by atoms with van der Waals surface area (Å²) in [7, 11) is 0. The second-order valence-corrected chi connectivity index (χ2v) is 5.62. The molecule has 2 aromatic rings. The summed E-state index contributed by atoms with van der Waals surface area (Å²) in [6.45, 7) is 5.40. The molecule has 0 fully saturated rings. The summed E-state index contributed by atoms with van der Waals surface area (Å²) < 4.78 is 5.22. The zero-order valence-electron chi connectivity index (χ0n) is 14.1. The van der Waals surface area contributed by atoms with Crippen LogP contribution in [0, 0.1) is 6.92 Å². The van der Waals surface area contributed by atoms with Crippen molar-refractivity contribution in [3.8, 4) is 0 Å². The molecule has 2 aromatic carbocycles. The first-order chi connectivity index (χ1) is 11.4. The molecule has 0 spiro atoms. The van der Waals surface area contributed by atoms with Gasteiger partial charge < -0.3 is 15.8 Å². The molecule has 0 saturated carbocycles. The number of esters is 1. The molecule has 0 radical (unpaired) electrons. The van der Waals surface area contributed by atoms with E-state index < -0.39 is 12.1 Å². The molecule has 24 heavy (non-hydrogen) atoms. The molecule has 0 heterocycles. The van der Waals surface area contributed by atoms with Crippen LogP contribution in [0.25, 0.3) is 0 Å². The maximum atomic E-state index is 12.2. The van der Waals surface area contributed by atoms with E-state index in [4.69, 9.17) is 10.5 Å². The van der Waals surface area contributed by atoms with E-state index in [-0.39, 0.29) is 11.5 Å². The fourth-order valence-electron chi connectivity index (χ4n) is 2.20. The number of carbonyl (C=O) groups is 2. The highest BCUT2D eigenvalue weighted by molar-refractivity contribution is 5.99. The molecule has 126 valence electrons. The van der Waals surface area contributed by atoms with Crippen molar-refractivity contribution >= 4 is 23.3 Å². The number of anilines is 2. The quantitative estimate of drug-likeness (QED) is 0.652. The third kappa shape index (κ3) is 4.13. The monoisotopic (exact) mass is 326 g/mol. The topological polar surface area (TPSA) is 81.4 Å². The first kappa shape index (κ1) is 17.5. The number of carbonyl (C=O) groups excluding carboxylic acids is 2. The van der Waals surface area contributed by atoms with E-state index in [1.165, 1.54) is 12.5 Å². The van der Waals surface area contributed by atoms with Gasteiger partial charge in [0.25, 0.3) is 5.91 Å². The van der Waals surface area contributed by atoms with Gasteiger partial charge in [-0.3, -0.25) is 4.79 Å². The molecule has 0 aliphatic heterocycles. The molecule has 0 aliphatic rings. The molecule has 1 atom stereocenters. The van der Waals surface area contributed by atoms with Gasteiger partial charge >= 0.3 is 5.97 Å². The SMILES string of the molecule is CCc1ccc(NC(=O)[C@H](C)OC(=O)c2cccc(C)c2N)cc1. The lowest BCUT2D eigenvalue weighted by molar-refractivity contribution is -0.123. The van der Waals surface area contributed by atoms with Crippen molar-refractivity contribution < 1.29 is 14.3 Å². The fraction of sp³-hybridized carbons (Fsp3) is 0.263. The Labute approximate surface area is 141 Å². The van der Waals surface area contributed by atoms with Crippen molar-refractivity contribution in [2.45, 2.75) is 33.3 Å². The van der Waals surface area contributed by atoms with Gasteiger partial charge in [-0.1, -0.05) is 31.2 Å². The summed E-state index contributed by atoms with van der Waals surface area (Å²) in [4.78, 5) is 24.4. The average Bonchev–Trinajstić information content (AvgIpc) is 2.57. The van der Waals surface area contributed by atoms with Crippen molar-refractivity contribution in [3.63, 3.8) is 0 Å². The minimum atomic E-state index is -0.928. The molecular formula is C19H22N2O3. The molecule has 2 rings (SSSR count). The number of nitrogens with two attached hydrogens (primary N) is 1. The predicted octanol–water partition coefficient (Wildman–Crippen LogP) is 3.32.